The molecule has 1 atom stereocenters. The molecular formula is C19H24N4O4S. The van der Waals surface area contributed by atoms with Gasteiger partial charge in [-0.3, -0.25) is 9.59 Å². The van der Waals surface area contributed by atoms with Gasteiger partial charge in [0.15, 0.2) is 5.16 Å². The van der Waals surface area contributed by atoms with Gasteiger partial charge in [0, 0.05) is 4.90 Å². The van der Waals surface area contributed by atoms with E-state index in [1.807, 2.05) is 13.8 Å². The van der Waals surface area contributed by atoms with Gasteiger partial charge in [0.1, 0.15) is 5.54 Å². The predicted octanol–water partition coefficient (Wildman–Crippen LogP) is 2.27. The number of amides is 2. The predicted molar refractivity (Wildman–Crippen MR) is 106 cm³/mol. The number of hydrogen-bond acceptors (Lipinski definition) is 7. The fourth-order valence-corrected chi connectivity index (χ4v) is 3.16. The maximum atomic E-state index is 12.9. The second-order valence-corrected chi connectivity index (χ2v) is 7.52. The van der Waals surface area contributed by atoms with Gasteiger partial charge >= 0.3 is 0 Å². The number of nitrogens with one attached hydrogen (secondary N) is 1. The normalized spacial score (nSPS) is 12.9. The largest absolute Gasteiger partial charge is 0.481 e. The van der Waals surface area contributed by atoms with Crippen LogP contribution in [0.2, 0.25) is 0 Å². The molecule has 0 saturated carbocycles. The Morgan fingerprint density at radius 2 is 1.71 bits per heavy atom. The van der Waals surface area contributed by atoms with Crippen LogP contribution in [0, 0.1) is 5.92 Å². The lowest BCUT2D eigenvalue weighted by Gasteiger charge is -2.31. The van der Waals surface area contributed by atoms with Crippen LogP contribution in [0.4, 0.5) is 0 Å². The van der Waals surface area contributed by atoms with Crippen LogP contribution in [-0.2, 0) is 4.79 Å². The van der Waals surface area contributed by atoms with Crippen LogP contribution in [0.15, 0.2) is 40.4 Å². The van der Waals surface area contributed by atoms with E-state index >= 15 is 0 Å². The van der Waals surface area contributed by atoms with E-state index in [1.54, 1.807) is 37.3 Å². The van der Waals surface area contributed by atoms with Crippen LogP contribution < -0.4 is 20.5 Å². The standard InChI is InChI=1S/C19H24N4O4S/c1-11(2)19(3,17(20)25)23-16(24)12-8-6-7-9-13(12)28-18-21-14(26-4)10-15(22-18)27-5/h6-11H,1-5H3,(H2,20,25)(H,23,24). The molecule has 3 N–H and O–H groups in total. The van der Waals surface area contributed by atoms with Crippen molar-refractivity contribution in [3.63, 3.8) is 0 Å². The highest BCUT2D eigenvalue weighted by atomic mass is 32.2. The van der Waals surface area contributed by atoms with Gasteiger partial charge in [0.05, 0.1) is 25.8 Å². The van der Waals surface area contributed by atoms with Crippen molar-refractivity contribution >= 4 is 23.6 Å². The topological polar surface area (TPSA) is 116 Å². The molecule has 0 fully saturated rings. The molecule has 0 saturated heterocycles. The second kappa shape index (κ2) is 8.92. The van der Waals surface area contributed by atoms with Crippen molar-refractivity contribution < 1.29 is 19.1 Å². The van der Waals surface area contributed by atoms with E-state index in [9.17, 15) is 9.59 Å². The highest BCUT2D eigenvalue weighted by Crippen LogP contribution is 2.31. The minimum Gasteiger partial charge on any atom is -0.481 e. The van der Waals surface area contributed by atoms with Crippen molar-refractivity contribution in [2.24, 2.45) is 11.7 Å². The Labute approximate surface area is 168 Å². The number of benzene rings is 1. The van der Waals surface area contributed by atoms with E-state index in [0.717, 1.165) is 0 Å². The SMILES string of the molecule is COc1cc(OC)nc(Sc2ccccc2C(=O)NC(C)(C(N)=O)C(C)C)n1. The van der Waals surface area contributed by atoms with Gasteiger partial charge in [0.2, 0.25) is 17.7 Å². The van der Waals surface area contributed by atoms with Crippen molar-refractivity contribution in [1.29, 1.82) is 0 Å². The van der Waals surface area contributed by atoms with Crippen LogP contribution in [0.3, 0.4) is 0 Å². The quantitative estimate of drug-likeness (QED) is 0.648. The summed E-state index contributed by atoms with van der Waals surface area (Å²) in [5.74, 6) is -0.496. The van der Waals surface area contributed by atoms with Crippen molar-refractivity contribution in [1.82, 2.24) is 15.3 Å². The Hall–Kier alpha value is -2.81. The Kier molecular flexibility index (Phi) is 6.85. The van der Waals surface area contributed by atoms with E-state index in [-0.39, 0.29) is 5.92 Å². The highest BCUT2D eigenvalue weighted by molar-refractivity contribution is 7.99. The summed E-state index contributed by atoms with van der Waals surface area (Å²) in [6, 6.07) is 8.53. The van der Waals surface area contributed by atoms with Crippen LogP contribution in [0.25, 0.3) is 0 Å². The van der Waals surface area contributed by atoms with Crippen molar-refractivity contribution in [2.75, 3.05) is 14.2 Å². The third-order valence-corrected chi connectivity index (χ3v) is 5.39. The molecular weight excluding hydrogens is 380 g/mol. The summed E-state index contributed by atoms with van der Waals surface area (Å²) in [5.41, 5.74) is 4.72. The minimum absolute atomic E-state index is 0.181. The number of rotatable bonds is 8. The van der Waals surface area contributed by atoms with Gasteiger partial charge in [-0.2, -0.15) is 9.97 Å². The first kappa shape index (κ1) is 21.5. The molecule has 1 aromatic carbocycles. The summed E-state index contributed by atoms with van der Waals surface area (Å²) in [4.78, 5) is 34.0. The number of hydrogen-bond donors (Lipinski definition) is 2. The number of methoxy groups -OCH3 is 2. The fraction of sp³-hybridized carbons (Fsp3) is 0.368. The first-order chi connectivity index (χ1) is 13.2. The molecule has 0 radical (unpaired) electrons. The number of carbonyl (C=O) groups is 2. The maximum absolute atomic E-state index is 12.9. The monoisotopic (exact) mass is 404 g/mol. The second-order valence-electron chi connectivity index (χ2n) is 6.51. The first-order valence-electron chi connectivity index (χ1n) is 8.57. The molecule has 150 valence electrons. The highest BCUT2D eigenvalue weighted by Gasteiger charge is 2.36. The molecule has 1 unspecified atom stereocenters. The van der Waals surface area contributed by atoms with Crippen LogP contribution in [0.1, 0.15) is 31.1 Å². The lowest BCUT2D eigenvalue weighted by Crippen LogP contribution is -2.58. The van der Waals surface area contributed by atoms with Gasteiger partial charge in [-0.15, -0.1) is 0 Å². The minimum atomic E-state index is -1.18. The molecule has 0 aliphatic rings. The Morgan fingerprint density at radius 3 is 2.21 bits per heavy atom. The molecule has 0 aliphatic heterocycles. The molecule has 1 aromatic heterocycles. The van der Waals surface area contributed by atoms with E-state index in [1.165, 1.54) is 26.0 Å². The van der Waals surface area contributed by atoms with E-state index in [2.05, 4.69) is 15.3 Å². The van der Waals surface area contributed by atoms with E-state index in [0.29, 0.717) is 27.4 Å². The fourth-order valence-electron chi connectivity index (χ4n) is 2.27. The zero-order valence-corrected chi connectivity index (χ0v) is 17.3. The van der Waals surface area contributed by atoms with Gasteiger partial charge < -0.3 is 20.5 Å². The summed E-state index contributed by atoms with van der Waals surface area (Å²) >= 11 is 1.19. The smallest absolute Gasteiger partial charge is 0.253 e. The molecule has 2 aromatic rings. The Morgan fingerprint density at radius 1 is 1.14 bits per heavy atom. The summed E-state index contributed by atoms with van der Waals surface area (Å²) in [5, 5.41) is 3.12. The average molecular weight is 404 g/mol. The van der Waals surface area contributed by atoms with Crippen LogP contribution >= 0.6 is 11.8 Å². The first-order valence-corrected chi connectivity index (χ1v) is 9.39. The molecule has 0 bridgehead atoms. The third kappa shape index (κ3) is 4.72. The average Bonchev–Trinajstić information content (AvgIpc) is 2.67. The molecule has 2 amide bonds. The molecule has 2 rings (SSSR count). The summed E-state index contributed by atoms with van der Waals surface area (Å²) in [6.07, 6.45) is 0. The van der Waals surface area contributed by atoms with Crippen molar-refractivity contribution in [3.8, 4) is 11.8 Å². The lowest BCUT2D eigenvalue weighted by molar-refractivity contribution is -0.125. The van der Waals surface area contributed by atoms with Crippen molar-refractivity contribution in [3.05, 3.63) is 35.9 Å². The van der Waals surface area contributed by atoms with E-state index < -0.39 is 17.4 Å². The van der Waals surface area contributed by atoms with Gasteiger partial charge in [-0.25, -0.2) is 0 Å². The molecule has 0 aliphatic carbocycles. The number of carbonyl (C=O) groups excluding carboxylic acids is 2. The molecule has 0 spiro atoms. The summed E-state index contributed by atoms with van der Waals surface area (Å²) in [6.45, 7) is 5.26. The summed E-state index contributed by atoms with van der Waals surface area (Å²) < 4.78 is 10.3. The Balaban J connectivity index is 2.35. The van der Waals surface area contributed by atoms with Crippen molar-refractivity contribution in [2.45, 2.75) is 36.4 Å². The van der Waals surface area contributed by atoms with Gasteiger partial charge in [-0.1, -0.05) is 26.0 Å². The Bertz CT molecular complexity index is 853. The molecule has 28 heavy (non-hydrogen) atoms. The third-order valence-electron chi connectivity index (χ3n) is 4.45. The number of aromatic nitrogens is 2. The zero-order valence-electron chi connectivity index (χ0n) is 16.5. The summed E-state index contributed by atoms with van der Waals surface area (Å²) in [7, 11) is 2.99. The zero-order chi connectivity index (χ0) is 20.9. The van der Waals surface area contributed by atoms with Gasteiger partial charge in [-0.05, 0) is 36.7 Å². The number of nitrogens with two attached hydrogens (primary N) is 1. The number of nitrogens with zero attached hydrogens (tertiary/aromatic N) is 2. The van der Waals surface area contributed by atoms with Gasteiger partial charge in [0.25, 0.3) is 5.91 Å². The number of primary amides is 1. The number of ether oxygens (including phenoxy) is 2. The lowest BCUT2D eigenvalue weighted by atomic mass is 9.87. The maximum Gasteiger partial charge on any atom is 0.253 e. The van der Waals surface area contributed by atoms with Crippen LogP contribution in [0.5, 0.6) is 11.8 Å². The molecule has 9 heteroatoms. The molecule has 8 nitrogen and oxygen atoms in total. The van der Waals surface area contributed by atoms with Crippen LogP contribution in [-0.4, -0.2) is 41.5 Å². The van der Waals surface area contributed by atoms with E-state index in [4.69, 9.17) is 15.2 Å². The molecule has 1 heterocycles.